The molecule has 3 rings (SSSR count). The monoisotopic (exact) mass is 622 g/mol. The van der Waals surface area contributed by atoms with Crippen LogP contribution in [0, 0.1) is 0 Å². The van der Waals surface area contributed by atoms with Crippen LogP contribution >= 0.6 is 40.3 Å². The Hall–Kier alpha value is -1.63. The first-order valence-corrected chi connectivity index (χ1v) is 15.4. The smallest absolute Gasteiger partial charge is 0.255 e. The number of unbranched alkanes of at least 4 members (excludes halogenated alkanes) is 11. The molecule has 0 saturated carbocycles. The quantitative estimate of drug-likeness (QED) is 0.168. The lowest BCUT2D eigenvalue weighted by Crippen LogP contribution is -2.14. The second-order valence-electron chi connectivity index (χ2n) is 9.83. The highest BCUT2D eigenvalue weighted by atomic mass is 79.9. The number of anilines is 1. The Morgan fingerprint density at radius 2 is 1.55 bits per heavy atom. The van der Waals surface area contributed by atoms with Crippen LogP contribution in [0.5, 0.6) is 5.75 Å². The van der Waals surface area contributed by atoms with Crippen molar-refractivity contribution in [2.75, 3.05) is 17.8 Å². The molecule has 0 saturated heterocycles. The van der Waals surface area contributed by atoms with E-state index in [0.29, 0.717) is 28.6 Å². The van der Waals surface area contributed by atoms with Gasteiger partial charge in [0.25, 0.3) is 5.91 Å². The molecule has 0 bridgehead atoms. The number of nitrogens with one attached hydrogen (secondary N) is 1. The van der Waals surface area contributed by atoms with E-state index in [1.165, 1.54) is 69.8 Å². The Labute approximate surface area is 249 Å². The van der Waals surface area contributed by atoms with Crippen molar-refractivity contribution >= 4 is 51.9 Å². The molecule has 0 radical (unpaired) electrons. The molecule has 0 spiro atoms. The van der Waals surface area contributed by atoms with Crippen LogP contribution in [0.15, 0.2) is 54.1 Å². The SMILES string of the molecule is Br.CCCCCCCCCCCCCCOc1c(Cl)cccc1NC(=O)c1ccc(CN2C=CSC2)cc1. The molecular weight excluding hydrogens is 580 g/mol. The number of carbonyl (C=O) groups is 1. The molecular formula is C31H44BrClN2O2S. The van der Waals surface area contributed by atoms with Crippen molar-refractivity contribution in [1.82, 2.24) is 4.90 Å². The largest absolute Gasteiger partial charge is 0.490 e. The lowest BCUT2D eigenvalue weighted by atomic mass is 10.1. The van der Waals surface area contributed by atoms with Crippen LogP contribution in [0.1, 0.15) is 99.9 Å². The fraction of sp³-hybridized carbons (Fsp3) is 0.516. The average Bonchev–Trinajstić information content (AvgIpc) is 3.41. The van der Waals surface area contributed by atoms with Crippen LogP contribution in [-0.2, 0) is 6.54 Å². The summed E-state index contributed by atoms with van der Waals surface area (Å²) in [7, 11) is 0. The molecule has 1 aliphatic heterocycles. The van der Waals surface area contributed by atoms with E-state index in [1.807, 2.05) is 36.4 Å². The van der Waals surface area contributed by atoms with Gasteiger partial charge in [-0.05, 0) is 41.7 Å². The molecule has 210 valence electrons. The summed E-state index contributed by atoms with van der Waals surface area (Å²) in [5.74, 6) is 1.36. The summed E-state index contributed by atoms with van der Waals surface area (Å²) in [5, 5.41) is 5.60. The number of para-hydroxylation sites is 1. The maximum atomic E-state index is 12.9. The lowest BCUT2D eigenvalue weighted by molar-refractivity contribution is 0.102. The third-order valence-corrected chi connectivity index (χ3v) is 7.76. The van der Waals surface area contributed by atoms with E-state index in [9.17, 15) is 4.79 Å². The molecule has 0 unspecified atom stereocenters. The Morgan fingerprint density at radius 3 is 2.16 bits per heavy atom. The minimum absolute atomic E-state index is 0. The number of nitrogens with zero attached hydrogens (tertiary/aromatic N) is 1. The number of hydrogen-bond donors (Lipinski definition) is 1. The second-order valence-corrected chi connectivity index (χ2v) is 11.1. The van der Waals surface area contributed by atoms with Crippen molar-refractivity contribution < 1.29 is 9.53 Å². The number of rotatable bonds is 18. The van der Waals surface area contributed by atoms with Gasteiger partial charge in [-0.3, -0.25) is 4.79 Å². The van der Waals surface area contributed by atoms with E-state index in [0.717, 1.165) is 25.3 Å². The van der Waals surface area contributed by atoms with Gasteiger partial charge in [-0.25, -0.2) is 0 Å². The zero-order valence-corrected chi connectivity index (χ0v) is 26.0. The number of halogens is 2. The highest BCUT2D eigenvalue weighted by Gasteiger charge is 2.13. The maximum Gasteiger partial charge on any atom is 0.255 e. The number of thioether (sulfide) groups is 1. The van der Waals surface area contributed by atoms with Crippen molar-refractivity contribution in [1.29, 1.82) is 0 Å². The molecule has 38 heavy (non-hydrogen) atoms. The molecule has 0 atom stereocenters. The molecule has 0 fully saturated rings. The molecule has 2 aromatic rings. The summed E-state index contributed by atoms with van der Waals surface area (Å²) in [6, 6.07) is 13.2. The summed E-state index contributed by atoms with van der Waals surface area (Å²) < 4.78 is 6.03. The predicted molar refractivity (Wildman–Crippen MR) is 170 cm³/mol. The van der Waals surface area contributed by atoms with Gasteiger partial charge in [0, 0.05) is 18.3 Å². The summed E-state index contributed by atoms with van der Waals surface area (Å²) in [6.45, 7) is 3.71. The fourth-order valence-electron chi connectivity index (χ4n) is 4.47. The van der Waals surface area contributed by atoms with E-state index in [-0.39, 0.29) is 22.9 Å². The van der Waals surface area contributed by atoms with Crippen LogP contribution in [0.2, 0.25) is 5.02 Å². The minimum Gasteiger partial charge on any atom is -0.490 e. The van der Waals surface area contributed by atoms with Gasteiger partial charge in [0.05, 0.1) is 23.2 Å². The standard InChI is InChI=1S/C31H43ClN2O2S.BrH/c1-2-3-4-5-6-7-8-9-10-11-12-13-22-36-30-28(32)15-14-16-29(30)33-31(35)27-19-17-26(18-20-27)24-34-21-23-37-25-34;/h14-21,23H,2-13,22,24-25H2,1H3,(H,33,35);1H. The highest BCUT2D eigenvalue weighted by molar-refractivity contribution is 8.93. The molecule has 1 amide bonds. The third-order valence-electron chi connectivity index (χ3n) is 6.67. The van der Waals surface area contributed by atoms with Crippen LogP contribution in [0.3, 0.4) is 0 Å². The van der Waals surface area contributed by atoms with Gasteiger partial charge in [-0.2, -0.15) is 0 Å². The van der Waals surface area contributed by atoms with Crippen molar-refractivity contribution in [3.05, 3.63) is 70.2 Å². The van der Waals surface area contributed by atoms with E-state index in [4.69, 9.17) is 16.3 Å². The van der Waals surface area contributed by atoms with Gasteiger partial charge in [0.2, 0.25) is 0 Å². The molecule has 1 N–H and O–H groups in total. The number of hydrogen-bond acceptors (Lipinski definition) is 4. The van der Waals surface area contributed by atoms with Crippen LogP contribution in [0.25, 0.3) is 0 Å². The Kier molecular flexibility index (Phi) is 16.7. The lowest BCUT2D eigenvalue weighted by Gasteiger charge is -2.15. The molecule has 7 heteroatoms. The first-order chi connectivity index (χ1) is 18.2. The number of amides is 1. The first-order valence-electron chi connectivity index (χ1n) is 14.0. The molecule has 2 aromatic carbocycles. The van der Waals surface area contributed by atoms with Gasteiger partial charge in [-0.1, -0.05) is 107 Å². The molecule has 4 nitrogen and oxygen atoms in total. The Morgan fingerprint density at radius 1 is 0.921 bits per heavy atom. The van der Waals surface area contributed by atoms with Crippen molar-refractivity contribution in [3.63, 3.8) is 0 Å². The van der Waals surface area contributed by atoms with Crippen LogP contribution < -0.4 is 10.1 Å². The Bertz CT molecular complexity index is 971. The van der Waals surface area contributed by atoms with Crippen molar-refractivity contribution in [2.45, 2.75) is 90.5 Å². The molecule has 1 aliphatic rings. The third kappa shape index (κ3) is 12.0. The molecule has 1 heterocycles. The normalized spacial score (nSPS) is 12.4. The van der Waals surface area contributed by atoms with Crippen LogP contribution in [-0.4, -0.2) is 23.3 Å². The number of ether oxygens (including phenoxy) is 1. The van der Waals surface area contributed by atoms with Gasteiger partial charge >= 0.3 is 0 Å². The van der Waals surface area contributed by atoms with Crippen LogP contribution in [0.4, 0.5) is 5.69 Å². The van der Waals surface area contributed by atoms with Gasteiger partial charge in [0.1, 0.15) is 0 Å². The second kappa shape index (κ2) is 19.4. The average molecular weight is 624 g/mol. The zero-order chi connectivity index (χ0) is 26.1. The zero-order valence-electron chi connectivity index (χ0n) is 22.8. The van der Waals surface area contributed by atoms with E-state index < -0.39 is 0 Å². The highest BCUT2D eigenvalue weighted by Crippen LogP contribution is 2.33. The summed E-state index contributed by atoms with van der Waals surface area (Å²) in [4.78, 5) is 15.1. The summed E-state index contributed by atoms with van der Waals surface area (Å²) in [5.41, 5.74) is 2.40. The van der Waals surface area contributed by atoms with E-state index in [1.54, 1.807) is 17.8 Å². The fourth-order valence-corrected chi connectivity index (χ4v) is 5.41. The van der Waals surface area contributed by atoms with Gasteiger partial charge < -0.3 is 15.0 Å². The summed E-state index contributed by atoms with van der Waals surface area (Å²) in [6.07, 6.45) is 17.8. The topological polar surface area (TPSA) is 41.6 Å². The minimum atomic E-state index is -0.166. The van der Waals surface area contributed by atoms with Crippen molar-refractivity contribution in [2.24, 2.45) is 0 Å². The molecule has 0 aliphatic carbocycles. The molecule has 0 aromatic heterocycles. The first kappa shape index (κ1) is 32.6. The number of carbonyl (C=O) groups excluding carboxylic acids is 1. The maximum absolute atomic E-state index is 12.9. The van der Waals surface area contributed by atoms with Crippen molar-refractivity contribution in [3.8, 4) is 5.75 Å². The van der Waals surface area contributed by atoms with Gasteiger partial charge in [-0.15, -0.1) is 28.7 Å². The number of benzene rings is 2. The predicted octanol–water partition coefficient (Wildman–Crippen LogP) is 10.2. The van der Waals surface area contributed by atoms with E-state index in [2.05, 4.69) is 28.7 Å². The summed E-state index contributed by atoms with van der Waals surface area (Å²) >= 11 is 8.21. The van der Waals surface area contributed by atoms with E-state index >= 15 is 0 Å². The Balaban J connectivity index is 0.00000507. The van der Waals surface area contributed by atoms with Gasteiger partial charge in [0.15, 0.2) is 5.75 Å².